The molecule has 4 aromatic rings. The van der Waals surface area contributed by atoms with Crippen molar-refractivity contribution in [2.45, 2.75) is 6.92 Å². The van der Waals surface area contributed by atoms with Gasteiger partial charge < -0.3 is 4.74 Å². The Hall–Kier alpha value is -4.06. The summed E-state index contributed by atoms with van der Waals surface area (Å²) >= 11 is 0. The molecule has 0 aliphatic heterocycles. The molecule has 2 aromatic heterocycles. The molecule has 2 aromatic carbocycles. The second-order valence-electron chi connectivity index (χ2n) is 6.65. The molecule has 0 spiro atoms. The van der Waals surface area contributed by atoms with Gasteiger partial charge in [0.25, 0.3) is 5.91 Å². The Morgan fingerprint density at radius 2 is 1.73 bits per heavy atom. The maximum Gasteiger partial charge on any atom is 0.272 e. The molecule has 0 unspecified atom stereocenters. The van der Waals surface area contributed by atoms with Crippen LogP contribution in [0.25, 0.3) is 22.3 Å². The van der Waals surface area contributed by atoms with Crippen molar-refractivity contribution in [1.29, 1.82) is 0 Å². The van der Waals surface area contributed by atoms with E-state index in [1.807, 2.05) is 73.7 Å². The Morgan fingerprint density at radius 3 is 2.47 bits per heavy atom. The molecule has 0 aliphatic rings. The Bertz CT molecular complexity index is 1220. The van der Waals surface area contributed by atoms with Crippen LogP contribution in [0.5, 0.6) is 5.75 Å². The van der Waals surface area contributed by atoms with E-state index >= 15 is 0 Å². The normalized spacial score (nSPS) is 11.3. The average Bonchev–Trinajstić information content (AvgIpc) is 2.82. The van der Waals surface area contributed by atoms with Crippen molar-refractivity contribution in [3.8, 4) is 17.1 Å². The molecule has 0 radical (unpaired) electrons. The predicted molar refractivity (Wildman–Crippen MR) is 118 cm³/mol. The number of nitrogens with one attached hydrogen (secondary N) is 1. The molecule has 1 N–H and O–H groups in total. The molecular formula is C24H20N4O2. The Labute approximate surface area is 174 Å². The molecule has 0 bridgehead atoms. The Kier molecular flexibility index (Phi) is 5.48. The van der Waals surface area contributed by atoms with Crippen molar-refractivity contribution in [2.75, 3.05) is 7.11 Å². The lowest BCUT2D eigenvalue weighted by atomic mass is 10.1. The lowest BCUT2D eigenvalue weighted by molar-refractivity contribution is 0.0956. The van der Waals surface area contributed by atoms with Gasteiger partial charge in [0, 0.05) is 11.6 Å². The van der Waals surface area contributed by atoms with Crippen molar-refractivity contribution in [3.63, 3.8) is 0 Å². The fourth-order valence-corrected chi connectivity index (χ4v) is 3.10. The third-order valence-electron chi connectivity index (χ3n) is 4.72. The fourth-order valence-electron chi connectivity index (χ4n) is 3.10. The van der Waals surface area contributed by atoms with Crippen molar-refractivity contribution in [3.05, 3.63) is 90.1 Å². The third kappa shape index (κ3) is 4.03. The first-order valence-corrected chi connectivity index (χ1v) is 9.46. The standard InChI is InChI=1S/C24H20N4O2/c1-16(17-10-12-18(30-2)13-11-17)27-28-24(29)20-15-23(22-9-5-6-14-25-22)26-21-8-4-3-7-19(20)21/h3-15H,1-2H3,(H,28,29). The number of methoxy groups -OCH3 is 1. The second-order valence-corrected chi connectivity index (χ2v) is 6.65. The van der Waals surface area contributed by atoms with E-state index in [9.17, 15) is 4.79 Å². The lowest BCUT2D eigenvalue weighted by Crippen LogP contribution is -2.20. The zero-order chi connectivity index (χ0) is 20.9. The van der Waals surface area contributed by atoms with Crippen LogP contribution in [0.15, 0.2) is 84.1 Å². The van der Waals surface area contributed by atoms with Gasteiger partial charge in [0.2, 0.25) is 0 Å². The highest BCUT2D eigenvalue weighted by molar-refractivity contribution is 6.08. The predicted octanol–water partition coefficient (Wildman–Crippen LogP) is 4.46. The summed E-state index contributed by atoms with van der Waals surface area (Å²) in [6.45, 7) is 1.84. The molecular weight excluding hydrogens is 376 g/mol. The van der Waals surface area contributed by atoms with Crippen molar-refractivity contribution < 1.29 is 9.53 Å². The first kappa shape index (κ1) is 19.3. The van der Waals surface area contributed by atoms with Crippen LogP contribution in [0.3, 0.4) is 0 Å². The third-order valence-corrected chi connectivity index (χ3v) is 4.72. The summed E-state index contributed by atoms with van der Waals surface area (Å²) in [7, 11) is 1.62. The number of nitrogens with zero attached hydrogens (tertiary/aromatic N) is 3. The average molecular weight is 396 g/mol. The van der Waals surface area contributed by atoms with E-state index in [0.29, 0.717) is 22.7 Å². The van der Waals surface area contributed by atoms with Crippen LogP contribution < -0.4 is 10.2 Å². The largest absolute Gasteiger partial charge is 0.497 e. The van der Waals surface area contributed by atoms with Gasteiger partial charge >= 0.3 is 0 Å². The number of hydrogen-bond acceptors (Lipinski definition) is 5. The number of pyridine rings is 2. The van der Waals surface area contributed by atoms with Crippen molar-refractivity contribution in [1.82, 2.24) is 15.4 Å². The maximum atomic E-state index is 13.0. The van der Waals surface area contributed by atoms with Crippen LogP contribution in [0, 0.1) is 0 Å². The molecule has 30 heavy (non-hydrogen) atoms. The van der Waals surface area contributed by atoms with E-state index in [1.54, 1.807) is 19.4 Å². The summed E-state index contributed by atoms with van der Waals surface area (Å²) in [4.78, 5) is 22.0. The van der Waals surface area contributed by atoms with Crippen LogP contribution in [-0.4, -0.2) is 28.7 Å². The quantitative estimate of drug-likeness (QED) is 0.399. The topological polar surface area (TPSA) is 76.5 Å². The summed E-state index contributed by atoms with van der Waals surface area (Å²) in [6.07, 6.45) is 1.70. The van der Waals surface area contributed by atoms with Gasteiger partial charge in [-0.05, 0) is 61.0 Å². The number of hydrogen-bond donors (Lipinski definition) is 1. The SMILES string of the molecule is COc1ccc(C(C)=NNC(=O)c2cc(-c3ccccn3)nc3ccccc23)cc1. The minimum absolute atomic E-state index is 0.307. The van der Waals surface area contributed by atoms with E-state index in [0.717, 1.165) is 22.2 Å². The maximum absolute atomic E-state index is 13.0. The number of amides is 1. The first-order valence-electron chi connectivity index (χ1n) is 9.46. The van der Waals surface area contributed by atoms with E-state index in [2.05, 4.69) is 20.5 Å². The summed E-state index contributed by atoms with van der Waals surface area (Å²) in [6, 6.07) is 22.4. The molecule has 148 valence electrons. The number of rotatable bonds is 5. The number of para-hydroxylation sites is 1. The Balaban J connectivity index is 1.66. The molecule has 0 saturated heterocycles. The van der Waals surface area contributed by atoms with E-state index < -0.39 is 0 Å². The molecule has 0 saturated carbocycles. The van der Waals surface area contributed by atoms with Gasteiger partial charge in [-0.2, -0.15) is 5.10 Å². The molecule has 6 heteroatoms. The highest BCUT2D eigenvalue weighted by Gasteiger charge is 2.14. The van der Waals surface area contributed by atoms with E-state index in [4.69, 9.17) is 4.74 Å². The number of benzene rings is 2. The van der Waals surface area contributed by atoms with E-state index in [1.165, 1.54) is 0 Å². The molecule has 0 aliphatic carbocycles. The first-order chi connectivity index (χ1) is 14.7. The van der Waals surface area contributed by atoms with Gasteiger partial charge in [0.05, 0.1) is 35.3 Å². The number of aromatic nitrogens is 2. The van der Waals surface area contributed by atoms with Gasteiger partial charge in [-0.3, -0.25) is 9.78 Å². The van der Waals surface area contributed by atoms with Crippen LogP contribution in [0.1, 0.15) is 22.8 Å². The van der Waals surface area contributed by atoms with Crippen LogP contribution in [0.4, 0.5) is 0 Å². The van der Waals surface area contributed by atoms with Gasteiger partial charge in [-0.15, -0.1) is 0 Å². The smallest absolute Gasteiger partial charge is 0.272 e. The Morgan fingerprint density at radius 1 is 0.967 bits per heavy atom. The minimum Gasteiger partial charge on any atom is -0.497 e. The van der Waals surface area contributed by atoms with Crippen LogP contribution in [-0.2, 0) is 0 Å². The highest BCUT2D eigenvalue weighted by atomic mass is 16.5. The number of ether oxygens (including phenoxy) is 1. The zero-order valence-corrected chi connectivity index (χ0v) is 16.7. The lowest BCUT2D eigenvalue weighted by Gasteiger charge is -2.09. The fraction of sp³-hybridized carbons (Fsp3) is 0.0833. The molecule has 6 nitrogen and oxygen atoms in total. The summed E-state index contributed by atoms with van der Waals surface area (Å²) < 4.78 is 5.17. The van der Waals surface area contributed by atoms with E-state index in [-0.39, 0.29) is 5.91 Å². The molecule has 2 heterocycles. The second kappa shape index (κ2) is 8.53. The number of hydrazone groups is 1. The highest BCUT2D eigenvalue weighted by Crippen LogP contribution is 2.23. The van der Waals surface area contributed by atoms with Crippen molar-refractivity contribution >= 4 is 22.5 Å². The number of carbonyl (C=O) groups excluding carboxylic acids is 1. The summed E-state index contributed by atoms with van der Waals surface area (Å²) in [5, 5.41) is 5.03. The molecule has 0 fully saturated rings. The van der Waals surface area contributed by atoms with Crippen molar-refractivity contribution in [2.24, 2.45) is 5.10 Å². The zero-order valence-electron chi connectivity index (χ0n) is 16.7. The molecule has 1 amide bonds. The minimum atomic E-state index is -0.307. The van der Waals surface area contributed by atoms with Crippen LogP contribution in [0.2, 0.25) is 0 Å². The summed E-state index contributed by atoms with van der Waals surface area (Å²) in [5.41, 5.74) is 6.80. The van der Waals surface area contributed by atoms with Crippen LogP contribution >= 0.6 is 0 Å². The van der Waals surface area contributed by atoms with Gasteiger partial charge in [0.1, 0.15) is 5.75 Å². The number of fused-ring (bicyclic) bond motifs is 1. The monoisotopic (exact) mass is 396 g/mol. The van der Waals surface area contributed by atoms with Gasteiger partial charge in [-0.1, -0.05) is 24.3 Å². The summed E-state index contributed by atoms with van der Waals surface area (Å²) in [5.74, 6) is 0.458. The molecule has 4 rings (SSSR count). The molecule has 0 atom stereocenters. The van der Waals surface area contributed by atoms with Gasteiger partial charge in [-0.25, -0.2) is 10.4 Å². The number of carbonyl (C=O) groups is 1. The van der Waals surface area contributed by atoms with Gasteiger partial charge in [0.15, 0.2) is 0 Å².